The number of halogens is 1. The Balaban J connectivity index is 0.000000142. The predicted molar refractivity (Wildman–Crippen MR) is 553 cm³/mol. The molecule has 738 valence electrons. The van der Waals surface area contributed by atoms with Gasteiger partial charge in [0.15, 0.2) is 0 Å². The fourth-order valence-electron chi connectivity index (χ4n) is 16.5. The van der Waals surface area contributed by atoms with Crippen LogP contribution in [0, 0.1) is 12.7 Å². The van der Waals surface area contributed by atoms with Gasteiger partial charge in [-0.15, -0.1) is 0 Å². The zero-order valence-corrected chi connectivity index (χ0v) is 81.6. The van der Waals surface area contributed by atoms with E-state index in [0.717, 1.165) is 190 Å². The Hall–Kier alpha value is -13.8. The molecule has 0 unspecified atom stereocenters. The zero-order valence-electron chi connectivity index (χ0n) is 81.6. The highest BCUT2D eigenvalue weighted by atomic mass is 19.1. The van der Waals surface area contributed by atoms with Crippen LogP contribution in [0.4, 0.5) is 50.9 Å². The van der Waals surface area contributed by atoms with Gasteiger partial charge >= 0.3 is 0 Å². The lowest BCUT2D eigenvalue weighted by Gasteiger charge is -2.19. The van der Waals surface area contributed by atoms with Gasteiger partial charge in [-0.25, -0.2) is 44.3 Å². The molecule has 0 spiro atoms. The van der Waals surface area contributed by atoms with E-state index >= 15 is 0 Å². The maximum atomic E-state index is 14.3. The topological polar surface area (TPSA) is 275 Å². The Morgan fingerprint density at radius 3 is 1.12 bits per heavy atom. The van der Waals surface area contributed by atoms with E-state index in [0.29, 0.717) is 153 Å². The molecule has 0 saturated carbocycles. The van der Waals surface area contributed by atoms with Crippen molar-refractivity contribution in [1.29, 1.82) is 0 Å². The van der Waals surface area contributed by atoms with Crippen molar-refractivity contribution in [3.05, 3.63) is 289 Å². The van der Waals surface area contributed by atoms with Gasteiger partial charge in [-0.2, -0.15) is 0 Å². The van der Waals surface area contributed by atoms with E-state index in [-0.39, 0.29) is 5.82 Å². The number of ether oxygens (including phenoxy) is 12. The first-order valence-corrected chi connectivity index (χ1v) is 49.3. The summed E-state index contributed by atoms with van der Waals surface area (Å²) in [5.74, 6) is 7.87. The predicted octanol–water partition coefficient (Wildman–Crippen LogP) is 21.4. The van der Waals surface area contributed by atoms with Gasteiger partial charge in [0.2, 0.25) is 23.8 Å². The highest BCUT2D eigenvalue weighted by Gasteiger charge is 2.21. The zero-order chi connectivity index (χ0) is 97.0. The Morgan fingerprint density at radius 1 is 0.348 bits per heavy atom. The highest BCUT2D eigenvalue weighted by molar-refractivity contribution is 5.70. The molecule has 0 atom stereocenters. The van der Waals surface area contributed by atoms with Crippen LogP contribution in [0.15, 0.2) is 255 Å². The summed E-state index contributed by atoms with van der Waals surface area (Å²) in [5, 5.41) is 13.3. The summed E-state index contributed by atoms with van der Waals surface area (Å²) in [4.78, 5) is 46.1. The molecule has 141 heavy (non-hydrogen) atoms. The van der Waals surface area contributed by atoms with Gasteiger partial charge in [0, 0.05) is 124 Å². The van der Waals surface area contributed by atoms with E-state index in [1.54, 1.807) is 30.7 Å². The molecule has 4 N–H and O–H groups in total. The molecule has 6 aliphatic heterocycles. The minimum Gasteiger partial charge on any atom is -0.493 e. The van der Waals surface area contributed by atoms with Crippen LogP contribution < -0.4 is 59.2 Å². The molecule has 10 heterocycles. The molecule has 4 aromatic heterocycles. The van der Waals surface area contributed by atoms with Crippen LogP contribution in [0.25, 0.3) is 45.0 Å². The molecule has 6 aliphatic rings. The summed E-state index contributed by atoms with van der Waals surface area (Å²) >= 11 is 0. The Kier molecular flexibility index (Phi) is 39.9. The molecule has 29 heteroatoms. The van der Waals surface area contributed by atoms with Gasteiger partial charge < -0.3 is 87.9 Å². The molecular formula is C112H131FN16O12. The lowest BCUT2D eigenvalue weighted by molar-refractivity contribution is 0.143. The van der Waals surface area contributed by atoms with E-state index in [1.807, 2.05) is 195 Å². The molecule has 8 aromatic carbocycles. The minimum absolute atomic E-state index is 0.379. The number of nitrogens with one attached hydrogen (secondary N) is 4. The van der Waals surface area contributed by atoms with Crippen molar-refractivity contribution in [1.82, 2.24) is 59.5 Å². The number of nitrogens with zero attached hydrogens (tertiary/aromatic N) is 12. The van der Waals surface area contributed by atoms with Crippen LogP contribution in [0.3, 0.4) is 0 Å². The molecular weight excluding hydrogens is 1780 g/mol. The van der Waals surface area contributed by atoms with Crippen molar-refractivity contribution >= 4 is 46.5 Å². The van der Waals surface area contributed by atoms with Crippen molar-refractivity contribution in [2.45, 2.75) is 106 Å². The van der Waals surface area contributed by atoms with Crippen LogP contribution in [0.1, 0.15) is 100 Å². The summed E-state index contributed by atoms with van der Waals surface area (Å²) in [6.07, 6.45) is 30.6. The SMILES string of the molecule is C1=C/COCc2cc(ccc2OCCN2CCCC2)Nc2nccc(n2)-c2cccc(c2)OCC/1.C1=C/COc2cccc(c2)-c2ccnc(n2)Nc2ccc(OCCN3CCCC3)c(c2)COC/1.CCN(CC)CCOc1ccc2cc1COC/C=C/CCOc1cc(F)cc(c1)-c1ccnc(n1)N2.CCN(CC)CCOc1ccc2cc1COC/C=C/CCOc1cccc(c1)-c1nc(ncc1C)N2. The summed E-state index contributed by atoms with van der Waals surface area (Å²) in [7, 11) is 0. The number of likely N-dealkylation sites (tertiary alicyclic amines) is 2. The van der Waals surface area contributed by atoms with Crippen molar-refractivity contribution in [2.24, 2.45) is 0 Å². The number of benzene rings is 8. The first-order chi connectivity index (χ1) is 69.5. The second kappa shape index (κ2) is 55.3. The number of rotatable bonds is 20. The van der Waals surface area contributed by atoms with E-state index in [9.17, 15) is 4.39 Å². The first kappa shape index (κ1) is 102. The molecule has 28 nitrogen and oxygen atoms in total. The standard InChI is InChI=1S/C29H36N4O3.C28H33FN4O3.C28H32N4O3.C27H30N4O3/c1-4-33(5-2)14-17-36-27-13-12-25-18-24(27)21-34-15-7-6-8-16-35-26-11-9-10-23(19-26)28-22(3)20-30-29(31-25)32-28;1-3-33(4-2)12-15-36-27-9-8-24-17-22(27)20-34-13-6-5-7-14-35-25-18-21(16-23(29)19-25)26-10-11-30-28(31-24)32-26;1-4-16-33-21-23-19-24(9-10-27(23)35-18-15-32-13-2-3-14-32)30-28-29-12-11-26(31-28)22-7-6-8-25(20-22)34-17-5-1;1-2-13-31(12-1)14-17-34-26-9-8-23-18-22(26)20-32-15-3-4-16-33-24-7-5-6-21(19-24)25-10-11-28-27(29-23)30-25/h6-7,9-13,18-20H,4-5,8,14-17,21H2,1-3H3,(H,30,31,32);5-6,8-11,16-19H,3-4,7,12-15,20H2,1-2H3,(H,30,31,32);1,4,6-12,19-20H,2-3,5,13-18,21H2,(H,29,30,31);3-11,18-19H,1-2,12-17,20H2,(H,28,29,30)/b7-6+;6-5+;4-1+;4-3+. The molecule has 0 amide bonds. The Morgan fingerprint density at radius 2 is 0.702 bits per heavy atom. The van der Waals surface area contributed by atoms with Crippen molar-refractivity contribution < 1.29 is 61.2 Å². The van der Waals surface area contributed by atoms with Crippen LogP contribution >= 0.6 is 0 Å². The fourth-order valence-corrected chi connectivity index (χ4v) is 16.5. The number of hydrogen-bond donors (Lipinski definition) is 4. The van der Waals surface area contributed by atoms with E-state index in [1.165, 1.54) is 64.0 Å². The Labute approximate surface area is 827 Å². The van der Waals surface area contributed by atoms with E-state index < -0.39 is 0 Å². The molecule has 2 saturated heterocycles. The molecule has 0 radical (unpaired) electrons. The normalized spacial score (nSPS) is 16.1. The molecule has 12 aromatic rings. The smallest absolute Gasteiger partial charge is 0.227 e. The van der Waals surface area contributed by atoms with Crippen molar-refractivity contribution in [2.75, 3.05) is 179 Å². The van der Waals surface area contributed by atoms with Crippen LogP contribution in [0.2, 0.25) is 0 Å². The average Bonchev–Trinajstić information content (AvgIpc) is 1.16. The Bertz CT molecular complexity index is 6050. The minimum atomic E-state index is -0.379. The number of aromatic nitrogens is 8. The number of aryl methyl sites for hydroxylation is 1. The maximum Gasteiger partial charge on any atom is 0.227 e. The van der Waals surface area contributed by atoms with Crippen molar-refractivity contribution in [3.63, 3.8) is 0 Å². The summed E-state index contributed by atoms with van der Waals surface area (Å²) in [6.45, 7) is 31.4. The summed E-state index contributed by atoms with van der Waals surface area (Å²) < 4.78 is 86.0. The van der Waals surface area contributed by atoms with Gasteiger partial charge in [-0.1, -0.05) is 107 Å². The summed E-state index contributed by atoms with van der Waals surface area (Å²) in [5.41, 5.74) is 15.1. The number of fused-ring (bicyclic) bond motifs is 28. The van der Waals surface area contributed by atoms with Gasteiger partial charge in [0.05, 0.1) is 95.5 Å². The second-order valence-corrected chi connectivity index (χ2v) is 34.3. The molecule has 0 aliphatic carbocycles. The molecule has 24 bridgehead atoms. The van der Waals surface area contributed by atoms with Gasteiger partial charge in [-0.3, -0.25) is 9.80 Å². The number of hydrogen-bond acceptors (Lipinski definition) is 28. The quantitative estimate of drug-likeness (QED) is 0.0516. The number of likely N-dealkylation sites (N-methyl/N-ethyl adjacent to an activating group) is 2. The first-order valence-electron chi connectivity index (χ1n) is 49.3. The maximum absolute atomic E-state index is 14.3. The average molecular weight is 1910 g/mol. The van der Waals surface area contributed by atoms with Gasteiger partial charge in [0.1, 0.15) is 84.8 Å². The monoisotopic (exact) mass is 1910 g/mol. The fraction of sp³-hybridized carbons (Fsp3) is 0.357. The largest absolute Gasteiger partial charge is 0.493 e. The van der Waals surface area contributed by atoms with Crippen LogP contribution in [-0.2, 0) is 45.4 Å². The van der Waals surface area contributed by atoms with Gasteiger partial charge in [0.25, 0.3) is 0 Å². The second-order valence-electron chi connectivity index (χ2n) is 34.3. The van der Waals surface area contributed by atoms with Crippen molar-refractivity contribution in [3.8, 4) is 91.0 Å². The van der Waals surface area contributed by atoms with Crippen LogP contribution in [-0.4, -0.2) is 217 Å². The van der Waals surface area contributed by atoms with Crippen LogP contribution in [0.5, 0.6) is 46.0 Å². The third-order valence-corrected chi connectivity index (χ3v) is 24.1. The summed E-state index contributed by atoms with van der Waals surface area (Å²) in [6, 6.07) is 58.1. The third kappa shape index (κ3) is 32.7. The van der Waals surface area contributed by atoms with E-state index in [2.05, 4.69) is 118 Å². The lowest BCUT2D eigenvalue weighted by atomic mass is 10.1. The molecule has 2 fully saturated rings. The lowest BCUT2D eigenvalue weighted by Crippen LogP contribution is -2.28. The number of anilines is 8. The molecule has 18 rings (SSSR count). The highest BCUT2D eigenvalue weighted by Crippen LogP contribution is 2.36. The third-order valence-electron chi connectivity index (χ3n) is 24.1. The van der Waals surface area contributed by atoms with Gasteiger partial charge in [-0.05, 0) is 255 Å². The van der Waals surface area contributed by atoms with E-state index in [4.69, 9.17) is 71.8 Å².